The number of amides is 2. The molecule has 7 heteroatoms. The van der Waals surface area contributed by atoms with E-state index in [0.29, 0.717) is 0 Å². The maximum absolute atomic E-state index is 12.1. The smallest absolute Gasteiger partial charge is 0.240 e. The molecule has 0 heterocycles. The minimum absolute atomic E-state index is 0. The van der Waals surface area contributed by atoms with E-state index in [1.54, 1.807) is 0 Å². The molecular weight excluding hydrogens is 382 g/mol. The molecule has 1 aromatic carbocycles. The first-order valence-electron chi connectivity index (χ1n) is 7.44. The first-order chi connectivity index (χ1) is 10.3. The highest BCUT2D eigenvalue weighted by Gasteiger charge is 2.45. The van der Waals surface area contributed by atoms with Gasteiger partial charge in [-0.25, -0.2) is 0 Å². The molecule has 0 saturated heterocycles. The van der Waals surface area contributed by atoms with Gasteiger partial charge in [0.1, 0.15) is 0 Å². The quantitative estimate of drug-likeness (QED) is 0.678. The second kappa shape index (κ2) is 8.13. The molecule has 0 unspecified atom stereocenters. The van der Waals surface area contributed by atoms with Crippen LogP contribution in [0.25, 0.3) is 0 Å². The van der Waals surface area contributed by atoms with Crippen molar-refractivity contribution in [2.24, 2.45) is 11.7 Å². The third-order valence-electron chi connectivity index (χ3n) is 3.95. The molecule has 0 radical (unpaired) electrons. The fourth-order valence-electron chi connectivity index (χ4n) is 2.30. The van der Waals surface area contributed by atoms with E-state index in [1.807, 2.05) is 38.1 Å². The van der Waals surface area contributed by atoms with Gasteiger partial charge in [0.2, 0.25) is 11.8 Å². The van der Waals surface area contributed by atoms with Gasteiger partial charge in [0.05, 0.1) is 18.1 Å². The Balaban J connectivity index is 0.00000264. The van der Waals surface area contributed by atoms with E-state index >= 15 is 0 Å². The second-order valence-electron chi connectivity index (χ2n) is 6.13. The van der Waals surface area contributed by atoms with Gasteiger partial charge in [-0.1, -0.05) is 41.9 Å². The molecule has 0 bridgehead atoms. The van der Waals surface area contributed by atoms with E-state index in [2.05, 4.69) is 26.6 Å². The van der Waals surface area contributed by atoms with Crippen LogP contribution in [0.3, 0.4) is 0 Å². The molecule has 5 nitrogen and oxygen atoms in total. The summed E-state index contributed by atoms with van der Waals surface area (Å²) < 4.78 is 0.988. The maximum atomic E-state index is 12.1. The van der Waals surface area contributed by atoms with Crippen LogP contribution in [0.5, 0.6) is 0 Å². The molecule has 2 amide bonds. The molecule has 1 atom stereocenters. The Kier molecular flexibility index (Phi) is 7.04. The highest BCUT2D eigenvalue weighted by atomic mass is 79.9. The van der Waals surface area contributed by atoms with Crippen molar-refractivity contribution >= 4 is 40.2 Å². The minimum atomic E-state index is -0.590. The highest BCUT2D eigenvalue weighted by molar-refractivity contribution is 9.10. The van der Waals surface area contributed by atoms with Gasteiger partial charge in [-0.15, -0.1) is 12.4 Å². The Morgan fingerprint density at radius 3 is 2.52 bits per heavy atom. The van der Waals surface area contributed by atoms with E-state index in [9.17, 15) is 9.59 Å². The Hall–Kier alpha value is -1.11. The standard InChI is InChI=1S/C16H22BrN3O2.ClH/c1-10(2)14(18)15(22)19-9-13(21)20-16(6-7-16)11-4-3-5-12(17)8-11;/h3-5,8,10,14H,6-7,9,18H2,1-2H3,(H,19,22)(H,20,21);1H/t14-;/m0./s1. The average Bonchev–Trinajstić information content (AvgIpc) is 3.24. The van der Waals surface area contributed by atoms with Gasteiger partial charge in [-0.05, 0) is 36.5 Å². The SMILES string of the molecule is CC(C)[C@H](N)C(=O)NCC(=O)NC1(c2cccc(Br)c2)CC1.Cl. The summed E-state index contributed by atoms with van der Waals surface area (Å²) in [7, 11) is 0. The zero-order valence-electron chi connectivity index (χ0n) is 13.3. The number of rotatable bonds is 6. The summed E-state index contributed by atoms with van der Waals surface area (Å²) in [6.07, 6.45) is 1.82. The van der Waals surface area contributed by atoms with Crippen molar-refractivity contribution in [3.63, 3.8) is 0 Å². The van der Waals surface area contributed by atoms with Crippen LogP contribution in [0.2, 0.25) is 0 Å². The molecule has 2 rings (SSSR count). The summed E-state index contributed by atoms with van der Waals surface area (Å²) in [6.45, 7) is 3.70. The zero-order chi connectivity index (χ0) is 16.3. The van der Waals surface area contributed by atoms with Gasteiger partial charge in [-0.2, -0.15) is 0 Å². The minimum Gasteiger partial charge on any atom is -0.346 e. The summed E-state index contributed by atoms with van der Waals surface area (Å²) in [5.41, 5.74) is 6.54. The fourth-order valence-corrected chi connectivity index (χ4v) is 2.70. The summed E-state index contributed by atoms with van der Waals surface area (Å²) in [5.74, 6) is -0.446. The molecule has 1 aromatic rings. The molecular formula is C16H23BrClN3O2. The van der Waals surface area contributed by atoms with E-state index in [4.69, 9.17) is 5.73 Å². The van der Waals surface area contributed by atoms with Crippen LogP contribution >= 0.6 is 28.3 Å². The maximum Gasteiger partial charge on any atom is 0.240 e. The van der Waals surface area contributed by atoms with Crippen molar-refractivity contribution < 1.29 is 9.59 Å². The molecule has 0 aliphatic heterocycles. The highest BCUT2D eigenvalue weighted by Crippen LogP contribution is 2.45. The predicted octanol–water partition coefficient (Wildman–Crippen LogP) is 2.08. The van der Waals surface area contributed by atoms with Gasteiger partial charge in [-0.3, -0.25) is 9.59 Å². The number of benzene rings is 1. The lowest BCUT2D eigenvalue weighted by molar-refractivity contribution is -0.127. The van der Waals surface area contributed by atoms with E-state index in [0.717, 1.165) is 22.9 Å². The van der Waals surface area contributed by atoms with Gasteiger partial charge in [0.25, 0.3) is 0 Å². The largest absolute Gasteiger partial charge is 0.346 e. The first kappa shape index (κ1) is 19.9. The second-order valence-corrected chi connectivity index (χ2v) is 7.04. The lowest BCUT2D eigenvalue weighted by Crippen LogP contribution is -2.48. The van der Waals surface area contributed by atoms with Crippen molar-refractivity contribution in [2.75, 3.05) is 6.54 Å². The van der Waals surface area contributed by atoms with Crippen LogP contribution in [0.15, 0.2) is 28.7 Å². The normalized spacial score (nSPS) is 16.2. The molecule has 1 fully saturated rings. The summed E-state index contributed by atoms with van der Waals surface area (Å²) >= 11 is 3.44. The van der Waals surface area contributed by atoms with Gasteiger partial charge < -0.3 is 16.4 Å². The van der Waals surface area contributed by atoms with Crippen LogP contribution in [-0.2, 0) is 15.1 Å². The average molecular weight is 405 g/mol. The number of halogens is 2. The predicted molar refractivity (Wildman–Crippen MR) is 96.3 cm³/mol. The van der Waals surface area contributed by atoms with Crippen LogP contribution in [0.1, 0.15) is 32.3 Å². The van der Waals surface area contributed by atoms with Crippen LogP contribution in [0.4, 0.5) is 0 Å². The third kappa shape index (κ3) is 5.19. The van der Waals surface area contributed by atoms with E-state index in [-0.39, 0.29) is 42.2 Å². The van der Waals surface area contributed by atoms with Crippen molar-refractivity contribution in [3.05, 3.63) is 34.3 Å². The number of hydrogen-bond donors (Lipinski definition) is 3. The van der Waals surface area contributed by atoms with Gasteiger partial charge in [0.15, 0.2) is 0 Å². The Morgan fingerprint density at radius 2 is 2.00 bits per heavy atom. The monoisotopic (exact) mass is 403 g/mol. The Labute approximate surface area is 151 Å². The van der Waals surface area contributed by atoms with Crippen molar-refractivity contribution in [1.29, 1.82) is 0 Å². The lowest BCUT2D eigenvalue weighted by atomic mass is 10.0. The number of hydrogen-bond acceptors (Lipinski definition) is 3. The summed E-state index contributed by atoms with van der Waals surface area (Å²) in [6, 6.07) is 7.34. The lowest BCUT2D eigenvalue weighted by Gasteiger charge is -2.19. The van der Waals surface area contributed by atoms with E-state index in [1.165, 1.54) is 0 Å². The topological polar surface area (TPSA) is 84.2 Å². The number of nitrogens with one attached hydrogen (secondary N) is 2. The number of carbonyl (C=O) groups excluding carboxylic acids is 2. The Morgan fingerprint density at radius 1 is 1.35 bits per heavy atom. The molecule has 1 aliphatic carbocycles. The number of nitrogens with two attached hydrogens (primary N) is 1. The summed E-state index contributed by atoms with van der Waals surface area (Å²) in [4.78, 5) is 23.8. The van der Waals surface area contributed by atoms with Crippen LogP contribution in [0, 0.1) is 5.92 Å². The van der Waals surface area contributed by atoms with Crippen molar-refractivity contribution in [2.45, 2.75) is 38.3 Å². The molecule has 1 aliphatic rings. The van der Waals surface area contributed by atoms with Crippen LogP contribution < -0.4 is 16.4 Å². The summed E-state index contributed by atoms with van der Waals surface area (Å²) in [5, 5.41) is 5.61. The van der Waals surface area contributed by atoms with Crippen LogP contribution in [-0.4, -0.2) is 24.4 Å². The Bertz CT molecular complexity index is 576. The van der Waals surface area contributed by atoms with Gasteiger partial charge in [0, 0.05) is 4.47 Å². The van der Waals surface area contributed by atoms with Gasteiger partial charge >= 0.3 is 0 Å². The molecule has 4 N–H and O–H groups in total. The first-order valence-corrected chi connectivity index (χ1v) is 8.24. The zero-order valence-corrected chi connectivity index (χ0v) is 15.7. The number of carbonyl (C=O) groups is 2. The van der Waals surface area contributed by atoms with Crippen molar-refractivity contribution in [3.8, 4) is 0 Å². The molecule has 128 valence electrons. The third-order valence-corrected chi connectivity index (χ3v) is 4.44. The van der Waals surface area contributed by atoms with E-state index < -0.39 is 6.04 Å². The molecule has 0 aromatic heterocycles. The molecule has 0 spiro atoms. The van der Waals surface area contributed by atoms with Crippen molar-refractivity contribution in [1.82, 2.24) is 10.6 Å². The molecule has 1 saturated carbocycles. The fraction of sp³-hybridized carbons (Fsp3) is 0.500. The molecule has 23 heavy (non-hydrogen) atoms.